The van der Waals surface area contributed by atoms with E-state index in [1.807, 2.05) is 0 Å². The zero-order valence-corrected chi connectivity index (χ0v) is 15.3. The maximum absolute atomic E-state index is 11.0. The fourth-order valence-electron chi connectivity index (χ4n) is 2.53. The van der Waals surface area contributed by atoms with Crippen LogP contribution in [-0.4, -0.2) is 76.4 Å². The number of ether oxygens (including phenoxy) is 2. The van der Waals surface area contributed by atoms with Crippen LogP contribution in [0.4, 0.5) is 0 Å². The summed E-state index contributed by atoms with van der Waals surface area (Å²) in [6.07, 6.45) is 4.60. The molecule has 1 saturated heterocycles. The number of guanidine groups is 1. The Bertz CT molecular complexity index is 358. The molecule has 0 radical (unpaired) electrons. The molecule has 7 heteroatoms. The van der Waals surface area contributed by atoms with Crippen molar-refractivity contribution in [2.45, 2.75) is 39.0 Å². The minimum atomic E-state index is -0.119. The first-order valence-electron chi connectivity index (χ1n) is 9.15. The van der Waals surface area contributed by atoms with Crippen molar-refractivity contribution in [1.82, 2.24) is 15.5 Å². The van der Waals surface area contributed by atoms with Gasteiger partial charge < -0.3 is 20.1 Å². The van der Waals surface area contributed by atoms with Crippen LogP contribution in [0.1, 0.15) is 39.0 Å². The predicted molar refractivity (Wildman–Crippen MR) is 96.3 cm³/mol. The summed E-state index contributed by atoms with van der Waals surface area (Å²) in [5, 5.41) is 6.67. The number of nitrogens with one attached hydrogen (secondary N) is 2. The number of hydrogen-bond donors (Lipinski definition) is 2. The van der Waals surface area contributed by atoms with E-state index in [4.69, 9.17) is 4.74 Å². The van der Waals surface area contributed by atoms with E-state index in [2.05, 4.69) is 32.2 Å². The Balaban J connectivity index is 2.09. The molecule has 0 aromatic heterocycles. The van der Waals surface area contributed by atoms with Crippen LogP contribution >= 0.6 is 0 Å². The Kier molecular flexibility index (Phi) is 12.1. The molecule has 7 nitrogen and oxygen atoms in total. The lowest BCUT2D eigenvalue weighted by molar-refractivity contribution is -0.140. The third kappa shape index (κ3) is 10.4. The minimum absolute atomic E-state index is 0.119. The molecule has 1 rings (SSSR count). The molecule has 140 valence electrons. The monoisotopic (exact) mass is 342 g/mol. The molecule has 0 aliphatic carbocycles. The van der Waals surface area contributed by atoms with Gasteiger partial charge in [0, 0.05) is 45.7 Å². The highest BCUT2D eigenvalue weighted by Crippen LogP contribution is 2.04. The Morgan fingerprint density at radius 2 is 1.92 bits per heavy atom. The highest BCUT2D eigenvalue weighted by atomic mass is 16.5. The van der Waals surface area contributed by atoms with Crippen molar-refractivity contribution in [2.75, 3.05) is 59.6 Å². The van der Waals surface area contributed by atoms with Gasteiger partial charge in [-0.3, -0.25) is 14.7 Å². The summed E-state index contributed by atoms with van der Waals surface area (Å²) in [6.45, 7) is 9.36. The molecule has 2 N–H and O–H groups in total. The Hall–Kier alpha value is -1.34. The largest absolute Gasteiger partial charge is 0.469 e. The van der Waals surface area contributed by atoms with Crippen LogP contribution in [-0.2, 0) is 14.3 Å². The highest BCUT2D eigenvalue weighted by Gasteiger charge is 2.09. The van der Waals surface area contributed by atoms with E-state index >= 15 is 0 Å². The number of hydrogen-bond acceptors (Lipinski definition) is 5. The number of nitrogens with zero attached hydrogens (tertiary/aromatic N) is 2. The minimum Gasteiger partial charge on any atom is -0.469 e. The number of carbonyl (C=O) groups is 1. The van der Waals surface area contributed by atoms with Gasteiger partial charge in [0.1, 0.15) is 0 Å². The van der Waals surface area contributed by atoms with Gasteiger partial charge in [-0.15, -0.1) is 0 Å². The molecule has 0 aromatic carbocycles. The van der Waals surface area contributed by atoms with E-state index < -0.39 is 0 Å². The van der Waals surface area contributed by atoms with Gasteiger partial charge in [0.15, 0.2) is 5.96 Å². The second-order valence-corrected chi connectivity index (χ2v) is 5.88. The number of esters is 1. The summed E-state index contributed by atoms with van der Waals surface area (Å²) in [4.78, 5) is 18.0. The maximum Gasteiger partial charge on any atom is 0.305 e. The van der Waals surface area contributed by atoms with Gasteiger partial charge in [-0.25, -0.2) is 0 Å². The van der Waals surface area contributed by atoms with Crippen LogP contribution in [0.3, 0.4) is 0 Å². The normalized spacial score (nSPS) is 16.0. The van der Waals surface area contributed by atoms with Gasteiger partial charge in [0.2, 0.25) is 0 Å². The smallest absolute Gasteiger partial charge is 0.305 e. The lowest BCUT2D eigenvalue weighted by Gasteiger charge is -2.26. The second kappa shape index (κ2) is 14.0. The van der Waals surface area contributed by atoms with Gasteiger partial charge in [-0.05, 0) is 19.8 Å². The van der Waals surface area contributed by atoms with E-state index in [0.29, 0.717) is 6.42 Å². The maximum atomic E-state index is 11.0. The molecular formula is C17H34N4O3. The van der Waals surface area contributed by atoms with Crippen molar-refractivity contribution in [3.8, 4) is 0 Å². The molecule has 24 heavy (non-hydrogen) atoms. The quantitative estimate of drug-likeness (QED) is 0.252. The first-order chi connectivity index (χ1) is 11.8. The topological polar surface area (TPSA) is 75.2 Å². The first kappa shape index (κ1) is 20.7. The van der Waals surface area contributed by atoms with Crippen LogP contribution in [0.25, 0.3) is 0 Å². The van der Waals surface area contributed by atoms with E-state index in [0.717, 1.165) is 84.1 Å². The van der Waals surface area contributed by atoms with Crippen LogP contribution in [0.5, 0.6) is 0 Å². The lowest BCUT2D eigenvalue weighted by atomic mass is 10.1. The number of carbonyl (C=O) groups excluding carboxylic acids is 1. The van der Waals surface area contributed by atoms with Crippen LogP contribution in [0.2, 0.25) is 0 Å². The van der Waals surface area contributed by atoms with E-state index in [-0.39, 0.29) is 5.97 Å². The second-order valence-electron chi connectivity index (χ2n) is 5.88. The number of unbranched alkanes of at least 4 members (excludes halogenated alkanes) is 3. The van der Waals surface area contributed by atoms with Gasteiger partial charge >= 0.3 is 5.97 Å². The first-order valence-corrected chi connectivity index (χ1v) is 9.15. The summed E-state index contributed by atoms with van der Waals surface area (Å²) in [7, 11) is 1.44. The SMILES string of the molecule is CCNC(=NCCCCCCC(=O)OC)NCCN1CCOCC1. The molecule has 0 unspecified atom stereocenters. The van der Waals surface area contributed by atoms with Crippen molar-refractivity contribution in [1.29, 1.82) is 0 Å². The number of methoxy groups -OCH3 is 1. The Morgan fingerprint density at radius 3 is 2.62 bits per heavy atom. The summed E-state index contributed by atoms with van der Waals surface area (Å²) in [6, 6.07) is 0. The number of rotatable bonds is 11. The van der Waals surface area contributed by atoms with Crippen LogP contribution in [0.15, 0.2) is 4.99 Å². The zero-order chi connectivity index (χ0) is 17.5. The molecule has 0 bridgehead atoms. The highest BCUT2D eigenvalue weighted by molar-refractivity contribution is 5.79. The Morgan fingerprint density at radius 1 is 1.17 bits per heavy atom. The molecule has 0 atom stereocenters. The summed E-state index contributed by atoms with van der Waals surface area (Å²) < 4.78 is 9.98. The molecule has 1 fully saturated rings. The molecule has 1 heterocycles. The zero-order valence-electron chi connectivity index (χ0n) is 15.3. The molecular weight excluding hydrogens is 308 g/mol. The van der Waals surface area contributed by atoms with E-state index in [1.54, 1.807) is 0 Å². The molecule has 1 aliphatic rings. The van der Waals surface area contributed by atoms with Crippen LogP contribution < -0.4 is 10.6 Å². The lowest BCUT2D eigenvalue weighted by Crippen LogP contribution is -2.44. The predicted octanol–water partition coefficient (Wildman–Crippen LogP) is 0.997. The van der Waals surface area contributed by atoms with E-state index in [9.17, 15) is 4.79 Å². The van der Waals surface area contributed by atoms with Crippen molar-refractivity contribution < 1.29 is 14.3 Å². The van der Waals surface area contributed by atoms with Crippen LogP contribution in [0, 0.1) is 0 Å². The number of morpholine rings is 1. The third-order valence-corrected chi connectivity index (χ3v) is 3.96. The van der Waals surface area contributed by atoms with Gasteiger partial charge in [-0.1, -0.05) is 12.8 Å². The van der Waals surface area contributed by atoms with Gasteiger partial charge in [0.05, 0.1) is 20.3 Å². The summed E-state index contributed by atoms with van der Waals surface area (Å²) in [5.41, 5.74) is 0. The van der Waals surface area contributed by atoms with Gasteiger partial charge in [-0.2, -0.15) is 0 Å². The fourth-order valence-corrected chi connectivity index (χ4v) is 2.53. The van der Waals surface area contributed by atoms with Crippen molar-refractivity contribution in [3.05, 3.63) is 0 Å². The van der Waals surface area contributed by atoms with E-state index in [1.165, 1.54) is 7.11 Å². The van der Waals surface area contributed by atoms with Crippen molar-refractivity contribution in [2.24, 2.45) is 4.99 Å². The standard InChI is InChI=1S/C17H34N4O3/c1-3-18-17(20-10-11-21-12-14-24-15-13-21)19-9-7-5-4-6-8-16(22)23-2/h3-15H2,1-2H3,(H2,18,19,20). The van der Waals surface area contributed by atoms with Gasteiger partial charge in [0.25, 0.3) is 0 Å². The molecule has 1 aliphatic heterocycles. The van der Waals surface area contributed by atoms with Crippen molar-refractivity contribution >= 4 is 11.9 Å². The van der Waals surface area contributed by atoms with Crippen molar-refractivity contribution in [3.63, 3.8) is 0 Å². The average molecular weight is 342 g/mol. The fraction of sp³-hybridized carbons (Fsp3) is 0.882. The summed E-state index contributed by atoms with van der Waals surface area (Å²) >= 11 is 0. The third-order valence-electron chi connectivity index (χ3n) is 3.96. The molecule has 0 amide bonds. The average Bonchev–Trinajstić information content (AvgIpc) is 2.61. The summed E-state index contributed by atoms with van der Waals surface area (Å²) in [5.74, 6) is 0.771. The molecule has 0 aromatic rings. The number of aliphatic imine (C=N–C) groups is 1. The Labute approximate surface area is 146 Å². The molecule has 0 saturated carbocycles. The molecule has 0 spiro atoms.